The van der Waals surface area contributed by atoms with Gasteiger partial charge < -0.3 is 14.2 Å². The normalized spacial score (nSPS) is 15.1. The smallest absolute Gasteiger partial charge is 0.378 e. The van der Waals surface area contributed by atoms with Gasteiger partial charge in [0.05, 0.1) is 25.3 Å². The Morgan fingerprint density at radius 1 is 1.28 bits per heavy atom. The molecule has 0 atom stereocenters. The number of halogens is 3. The van der Waals surface area contributed by atoms with Gasteiger partial charge in [0.1, 0.15) is 0 Å². The third-order valence-corrected chi connectivity index (χ3v) is 4.62. The number of nitrogens with zero attached hydrogens (tertiary/aromatic N) is 4. The zero-order chi connectivity index (χ0) is 20.9. The number of morpholine rings is 1. The van der Waals surface area contributed by atoms with Crippen LogP contribution in [0.2, 0.25) is 0 Å². The fraction of sp³-hybridized carbons (Fsp3) is 0.526. The molecule has 0 bridgehead atoms. The highest BCUT2D eigenvalue weighted by Crippen LogP contribution is 2.31. The van der Waals surface area contributed by atoms with Gasteiger partial charge in [0.2, 0.25) is 17.6 Å². The number of rotatable bonds is 7. The monoisotopic (exact) mass is 412 g/mol. The van der Waals surface area contributed by atoms with E-state index in [-0.39, 0.29) is 17.3 Å². The minimum Gasteiger partial charge on any atom is -0.378 e. The molecule has 1 saturated heterocycles. The van der Waals surface area contributed by atoms with Gasteiger partial charge in [0.25, 0.3) is 0 Å². The highest BCUT2D eigenvalue weighted by Gasteiger charge is 2.30. The Balaban J connectivity index is 1.47. The summed E-state index contributed by atoms with van der Waals surface area (Å²) in [5, 5.41) is 3.78. The molecular weight excluding hydrogens is 389 g/mol. The number of amides is 1. The lowest BCUT2D eigenvalue weighted by molar-refractivity contribution is -0.137. The van der Waals surface area contributed by atoms with Gasteiger partial charge in [-0.1, -0.05) is 17.3 Å². The van der Waals surface area contributed by atoms with Crippen LogP contribution in [0.3, 0.4) is 0 Å². The zero-order valence-corrected chi connectivity index (χ0v) is 16.1. The second-order valence-corrected chi connectivity index (χ2v) is 6.92. The van der Waals surface area contributed by atoms with Crippen LogP contribution in [0, 0.1) is 0 Å². The van der Waals surface area contributed by atoms with Crippen molar-refractivity contribution in [3.8, 4) is 11.4 Å². The van der Waals surface area contributed by atoms with E-state index in [9.17, 15) is 18.0 Å². The minimum absolute atomic E-state index is 0.0698. The third-order valence-electron chi connectivity index (χ3n) is 4.62. The Morgan fingerprint density at radius 2 is 2.03 bits per heavy atom. The van der Waals surface area contributed by atoms with Gasteiger partial charge in [-0.05, 0) is 32.1 Å². The summed E-state index contributed by atoms with van der Waals surface area (Å²) in [7, 11) is 1.86. The molecule has 1 amide bonds. The first-order valence-electron chi connectivity index (χ1n) is 9.37. The summed E-state index contributed by atoms with van der Waals surface area (Å²) in [4.78, 5) is 20.1. The number of hydrogen-bond donors (Lipinski definition) is 0. The van der Waals surface area contributed by atoms with E-state index in [1.165, 1.54) is 12.1 Å². The number of carbonyl (C=O) groups is 1. The van der Waals surface area contributed by atoms with E-state index in [0.717, 1.165) is 12.1 Å². The standard InChI is InChI=1S/C19H23F3N4O3/c1-25(13-17(27)26-8-10-28-11-9-26)7-3-6-16-23-18(24-29-16)14-4-2-5-15(12-14)19(20,21)22/h2,4-5,12H,3,6-11,13H2,1H3. The number of aromatic nitrogens is 2. The Hall–Kier alpha value is -2.46. The van der Waals surface area contributed by atoms with Crippen LogP contribution >= 0.6 is 0 Å². The average molecular weight is 412 g/mol. The fourth-order valence-corrected chi connectivity index (χ4v) is 3.03. The maximum absolute atomic E-state index is 12.8. The van der Waals surface area contributed by atoms with E-state index in [4.69, 9.17) is 9.26 Å². The molecule has 0 saturated carbocycles. The lowest BCUT2D eigenvalue weighted by atomic mass is 10.1. The van der Waals surface area contributed by atoms with E-state index >= 15 is 0 Å². The number of likely N-dealkylation sites (N-methyl/N-ethyl adjacent to an activating group) is 1. The zero-order valence-electron chi connectivity index (χ0n) is 16.1. The number of hydrogen-bond acceptors (Lipinski definition) is 6. The average Bonchev–Trinajstić information content (AvgIpc) is 3.17. The molecule has 1 aromatic carbocycles. The van der Waals surface area contributed by atoms with E-state index in [0.29, 0.717) is 58.1 Å². The van der Waals surface area contributed by atoms with E-state index in [2.05, 4.69) is 10.1 Å². The lowest BCUT2D eigenvalue weighted by Crippen LogP contribution is -2.45. The summed E-state index contributed by atoms with van der Waals surface area (Å²) in [6.07, 6.45) is -3.27. The SMILES string of the molecule is CN(CCCc1nc(-c2cccc(C(F)(F)F)c2)no1)CC(=O)N1CCOCC1. The molecule has 0 aliphatic carbocycles. The molecule has 2 aromatic rings. The molecule has 0 spiro atoms. The number of aryl methyl sites for hydroxylation is 1. The molecule has 0 N–H and O–H groups in total. The predicted molar refractivity (Wildman–Crippen MR) is 98.0 cm³/mol. The summed E-state index contributed by atoms with van der Waals surface area (Å²) in [5.74, 6) is 0.549. The van der Waals surface area contributed by atoms with Gasteiger partial charge in [-0.25, -0.2) is 0 Å². The second-order valence-electron chi connectivity index (χ2n) is 6.92. The van der Waals surface area contributed by atoms with Crippen LogP contribution < -0.4 is 0 Å². The van der Waals surface area contributed by atoms with Crippen LogP contribution in [-0.2, 0) is 22.1 Å². The Kier molecular flexibility index (Phi) is 6.86. The second kappa shape index (κ2) is 9.36. The van der Waals surface area contributed by atoms with Crippen molar-refractivity contribution in [2.45, 2.75) is 19.0 Å². The first-order chi connectivity index (χ1) is 13.8. The van der Waals surface area contributed by atoms with Crippen LogP contribution in [0.25, 0.3) is 11.4 Å². The molecular formula is C19H23F3N4O3. The molecule has 1 aliphatic heterocycles. The molecule has 10 heteroatoms. The quantitative estimate of drug-likeness (QED) is 0.696. The van der Waals surface area contributed by atoms with Gasteiger partial charge in [-0.15, -0.1) is 0 Å². The first kappa shape index (κ1) is 21.3. The summed E-state index contributed by atoms with van der Waals surface area (Å²) < 4.78 is 48.9. The van der Waals surface area contributed by atoms with Crippen molar-refractivity contribution in [2.75, 3.05) is 46.4 Å². The van der Waals surface area contributed by atoms with Gasteiger partial charge in [-0.3, -0.25) is 9.69 Å². The first-order valence-corrected chi connectivity index (χ1v) is 9.37. The highest BCUT2D eigenvalue weighted by atomic mass is 19.4. The molecule has 0 unspecified atom stereocenters. The molecule has 2 heterocycles. The van der Waals surface area contributed by atoms with Gasteiger partial charge >= 0.3 is 6.18 Å². The van der Waals surface area contributed by atoms with Crippen molar-refractivity contribution < 1.29 is 27.2 Å². The number of alkyl halides is 3. The van der Waals surface area contributed by atoms with Gasteiger partial charge in [0, 0.05) is 25.1 Å². The number of ether oxygens (including phenoxy) is 1. The summed E-state index contributed by atoms with van der Waals surface area (Å²) in [5.41, 5.74) is -0.504. The summed E-state index contributed by atoms with van der Waals surface area (Å²) >= 11 is 0. The van der Waals surface area contributed by atoms with E-state index in [1.54, 1.807) is 4.90 Å². The largest absolute Gasteiger partial charge is 0.416 e. The highest BCUT2D eigenvalue weighted by molar-refractivity contribution is 5.78. The fourth-order valence-electron chi connectivity index (χ4n) is 3.03. The van der Waals surface area contributed by atoms with Crippen molar-refractivity contribution in [3.63, 3.8) is 0 Å². The van der Waals surface area contributed by atoms with E-state index < -0.39 is 11.7 Å². The van der Waals surface area contributed by atoms with Crippen molar-refractivity contribution >= 4 is 5.91 Å². The number of benzene rings is 1. The van der Waals surface area contributed by atoms with Crippen LogP contribution in [0.1, 0.15) is 17.9 Å². The molecule has 7 nitrogen and oxygen atoms in total. The maximum atomic E-state index is 12.8. The Morgan fingerprint density at radius 3 is 2.76 bits per heavy atom. The summed E-state index contributed by atoms with van der Waals surface area (Å²) in [6.45, 7) is 3.35. The lowest BCUT2D eigenvalue weighted by Gasteiger charge is -2.28. The van der Waals surface area contributed by atoms with Gasteiger partial charge in [-0.2, -0.15) is 18.2 Å². The third kappa shape index (κ3) is 6.01. The van der Waals surface area contributed by atoms with Crippen LogP contribution in [0.15, 0.2) is 28.8 Å². The molecule has 158 valence electrons. The molecule has 3 rings (SSSR count). The van der Waals surface area contributed by atoms with Crippen molar-refractivity contribution in [1.29, 1.82) is 0 Å². The predicted octanol–water partition coefficient (Wildman–Crippen LogP) is 2.48. The number of carbonyl (C=O) groups excluding carboxylic acids is 1. The van der Waals surface area contributed by atoms with E-state index in [1.807, 2.05) is 11.9 Å². The Bertz CT molecular complexity index is 819. The van der Waals surface area contributed by atoms with Crippen molar-refractivity contribution in [3.05, 3.63) is 35.7 Å². The van der Waals surface area contributed by atoms with Crippen LogP contribution in [-0.4, -0.2) is 72.3 Å². The van der Waals surface area contributed by atoms with Crippen molar-refractivity contribution in [2.24, 2.45) is 0 Å². The maximum Gasteiger partial charge on any atom is 0.416 e. The molecule has 1 fully saturated rings. The molecule has 1 aromatic heterocycles. The van der Waals surface area contributed by atoms with Gasteiger partial charge in [0.15, 0.2) is 0 Å². The van der Waals surface area contributed by atoms with Crippen molar-refractivity contribution in [1.82, 2.24) is 19.9 Å². The summed E-state index contributed by atoms with van der Waals surface area (Å²) in [6, 6.07) is 4.82. The molecule has 29 heavy (non-hydrogen) atoms. The Labute approximate surface area is 166 Å². The topological polar surface area (TPSA) is 71.7 Å². The molecule has 1 aliphatic rings. The minimum atomic E-state index is -4.42. The van der Waals surface area contributed by atoms with Crippen LogP contribution in [0.5, 0.6) is 0 Å². The van der Waals surface area contributed by atoms with Crippen LogP contribution in [0.4, 0.5) is 13.2 Å². The molecule has 0 radical (unpaired) electrons.